The minimum Gasteiger partial charge on any atom is -0.494 e. The molecule has 0 aromatic heterocycles. The van der Waals surface area contributed by atoms with E-state index in [9.17, 15) is 9.59 Å². The summed E-state index contributed by atoms with van der Waals surface area (Å²) in [7, 11) is 0. The molecule has 1 saturated heterocycles. The Bertz CT molecular complexity index is 799. The first-order valence-corrected chi connectivity index (χ1v) is 9.77. The average Bonchev–Trinajstić information content (AvgIpc) is 3.24. The molecule has 2 aromatic carbocycles. The summed E-state index contributed by atoms with van der Waals surface area (Å²) in [6.07, 6.45) is 2.44. The van der Waals surface area contributed by atoms with Gasteiger partial charge in [-0.25, -0.2) is 4.79 Å². The highest BCUT2D eigenvalue weighted by Gasteiger charge is 2.17. The van der Waals surface area contributed by atoms with Gasteiger partial charge in [-0.2, -0.15) is 0 Å². The van der Waals surface area contributed by atoms with Crippen molar-refractivity contribution in [3.63, 3.8) is 0 Å². The molecular weight excluding hydrogens is 354 g/mol. The molecule has 2 N–H and O–H groups in total. The average molecular weight is 381 g/mol. The number of likely N-dealkylation sites (tertiary alicyclic amines) is 1. The first kappa shape index (κ1) is 19.7. The van der Waals surface area contributed by atoms with Crippen LogP contribution in [0.1, 0.15) is 30.9 Å². The molecule has 148 valence electrons. The van der Waals surface area contributed by atoms with Gasteiger partial charge in [-0.3, -0.25) is 4.79 Å². The lowest BCUT2D eigenvalue weighted by Crippen LogP contribution is -2.32. The predicted octanol–water partition coefficient (Wildman–Crippen LogP) is 3.57. The highest BCUT2D eigenvalue weighted by atomic mass is 16.5. The van der Waals surface area contributed by atoms with Crippen LogP contribution < -0.4 is 15.4 Å². The lowest BCUT2D eigenvalue weighted by molar-refractivity contribution is -0.120. The van der Waals surface area contributed by atoms with Crippen LogP contribution in [-0.4, -0.2) is 36.5 Å². The van der Waals surface area contributed by atoms with Crippen molar-refractivity contribution in [3.8, 4) is 5.75 Å². The fourth-order valence-electron chi connectivity index (χ4n) is 3.20. The van der Waals surface area contributed by atoms with Crippen molar-refractivity contribution in [1.29, 1.82) is 0 Å². The Balaban J connectivity index is 1.48. The van der Waals surface area contributed by atoms with Gasteiger partial charge in [0.1, 0.15) is 5.75 Å². The number of nitrogens with zero attached hydrogens (tertiary/aromatic N) is 1. The van der Waals surface area contributed by atoms with Crippen LogP contribution in [0.4, 0.5) is 10.5 Å². The molecule has 0 bridgehead atoms. The van der Waals surface area contributed by atoms with Gasteiger partial charge in [0.15, 0.2) is 0 Å². The Morgan fingerprint density at radius 2 is 1.79 bits per heavy atom. The lowest BCUT2D eigenvalue weighted by atomic mass is 10.1. The Labute approximate surface area is 165 Å². The summed E-state index contributed by atoms with van der Waals surface area (Å²) in [4.78, 5) is 26.2. The van der Waals surface area contributed by atoms with Crippen molar-refractivity contribution in [2.75, 3.05) is 25.0 Å². The maximum atomic E-state index is 12.2. The minimum atomic E-state index is -0.0609. The number of carbonyl (C=O) groups is 2. The normalized spacial score (nSPS) is 13.2. The van der Waals surface area contributed by atoms with Crippen LogP contribution in [0.5, 0.6) is 5.75 Å². The molecule has 0 aliphatic carbocycles. The van der Waals surface area contributed by atoms with Crippen LogP contribution in [0.2, 0.25) is 0 Å². The highest BCUT2D eigenvalue weighted by Crippen LogP contribution is 2.15. The topological polar surface area (TPSA) is 70.7 Å². The number of benzene rings is 2. The predicted molar refractivity (Wildman–Crippen MR) is 109 cm³/mol. The van der Waals surface area contributed by atoms with Crippen LogP contribution in [-0.2, 0) is 17.8 Å². The molecule has 6 heteroatoms. The molecule has 3 amide bonds. The number of rotatable bonds is 7. The summed E-state index contributed by atoms with van der Waals surface area (Å²) in [5, 5.41) is 5.86. The first-order chi connectivity index (χ1) is 13.6. The van der Waals surface area contributed by atoms with E-state index >= 15 is 0 Å². The van der Waals surface area contributed by atoms with Gasteiger partial charge >= 0.3 is 6.03 Å². The van der Waals surface area contributed by atoms with E-state index in [4.69, 9.17) is 4.74 Å². The van der Waals surface area contributed by atoms with Crippen LogP contribution in [0.15, 0.2) is 48.5 Å². The largest absolute Gasteiger partial charge is 0.494 e. The number of nitrogens with one attached hydrogen (secondary N) is 2. The molecular formula is C22H27N3O3. The SMILES string of the molecule is CCOc1ccc(CC(=O)NCc2cccc(NC(=O)N3CCCC3)c2)cc1. The molecule has 0 atom stereocenters. The van der Waals surface area contributed by atoms with E-state index in [-0.39, 0.29) is 11.9 Å². The number of amides is 3. The quantitative estimate of drug-likeness (QED) is 0.770. The minimum absolute atomic E-state index is 0.0457. The zero-order valence-electron chi connectivity index (χ0n) is 16.2. The standard InChI is InChI=1S/C22H27N3O3/c1-2-28-20-10-8-17(9-11-20)15-21(26)23-16-18-6-5-7-19(14-18)24-22(27)25-12-3-4-13-25/h5-11,14H,2-4,12-13,15-16H2,1H3,(H,23,26)(H,24,27). The van der Waals surface area contributed by atoms with Crippen molar-refractivity contribution in [2.24, 2.45) is 0 Å². The Hall–Kier alpha value is -3.02. The van der Waals surface area contributed by atoms with Gasteiger partial charge < -0.3 is 20.3 Å². The second-order valence-electron chi connectivity index (χ2n) is 6.86. The summed E-state index contributed by atoms with van der Waals surface area (Å²) < 4.78 is 5.41. The third kappa shape index (κ3) is 5.74. The Morgan fingerprint density at radius 1 is 1.04 bits per heavy atom. The second-order valence-corrected chi connectivity index (χ2v) is 6.86. The molecule has 6 nitrogen and oxygen atoms in total. The van der Waals surface area contributed by atoms with E-state index < -0.39 is 0 Å². The van der Waals surface area contributed by atoms with Crippen molar-refractivity contribution in [1.82, 2.24) is 10.2 Å². The first-order valence-electron chi connectivity index (χ1n) is 9.77. The van der Waals surface area contributed by atoms with Crippen LogP contribution in [0.25, 0.3) is 0 Å². The summed E-state index contributed by atoms with van der Waals surface area (Å²) in [5.74, 6) is 0.759. The van der Waals surface area contributed by atoms with Crippen LogP contribution >= 0.6 is 0 Å². The zero-order valence-corrected chi connectivity index (χ0v) is 16.2. The maximum Gasteiger partial charge on any atom is 0.321 e. The maximum absolute atomic E-state index is 12.2. The van der Waals surface area contributed by atoms with Gasteiger partial charge in [-0.1, -0.05) is 24.3 Å². The second kappa shape index (κ2) is 9.78. The number of urea groups is 1. The molecule has 2 aromatic rings. The van der Waals surface area contributed by atoms with E-state index in [1.807, 2.05) is 60.4 Å². The van der Waals surface area contributed by atoms with Crippen LogP contribution in [0.3, 0.4) is 0 Å². The summed E-state index contributed by atoms with van der Waals surface area (Å²) in [6, 6.07) is 15.1. The van der Waals surface area contributed by atoms with E-state index in [0.717, 1.165) is 48.5 Å². The summed E-state index contributed by atoms with van der Waals surface area (Å²) in [5.41, 5.74) is 2.63. The number of carbonyl (C=O) groups excluding carboxylic acids is 2. The molecule has 1 fully saturated rings. The fourth-order valence-corrected chi connectivity index (χ4v) is 3.20. The van der Waals surface area contributed by atoms with E-state index in [1.165, 1.54) is 0 Å². The van der Waals surface area contributed by atoms with E-state index in [2.05, 4.69) is 10.6 Å². The molecule has 0 radical (unpaired) electrons. The molecule has 28 heavy (non-hydrogen) atoms. The third-order valence-electron chi connectivity index (χ3n) is 4.66. The molecule has 0 unspecified atom stereocenters. The molecule has 0 saturated carbocycles. The highest BCUT2D eigenvalue weighted by molar-refractivity contribution is 5.89. The van der Waals surface area contributed by atoms with E-state index in [0.29, 0.717) is 19.6 Å². The van der Waals surface area contributed by atoms with Gasteiger partial charge in [-0.05, 0) is 55.2 Å². The molecule has 1 aliphatic rings. The van der Waals surface area contributed by atoms with Gasteiger partial charge in [0.05, 0.1) is 13.0 Å². The number of hydrogen-bond donors (Lipinski definition) is 2. The molecule has 3 rings (SSSR count). The molecule has 1 aliphatic heterocycles. The van der Waals surface area contributed by atoms with Crippen molar-refractivity contribution >= 4 is 17.6 Å². The summed E-state index contributed by atoms with van der Waals surface area (Å²) in [6.45, 7) is 4.61. The zero-order chi connectivity index (χ0) is 19.8. The smallest absolute Gasteiger partial charge is 0.321 e. The molecule has 1 heterocycles. The fraction of sp³-hybridized carbons (Fsp3) is 0.364. The van der Waals surface area contributed by atoms with E-state index in [1.54, 1.807) is 0 Å². The number of ether oxygens (including phenoxy) is 1. The van der Waals surface area contributed by atoms with Gasteiger partial charge in [0.25, 0.3) is 0 Å². The lowest BCUT2D eigenvalue weighted by Gasteiger charge is -2.16. The number of anilines is 1. The number of hydrogen-bond acceptors (Lipinski definition) is 3. The van der Waals surface area contributed by atoms with Gasteiger partial charge in [-0.15, -0.1) is 0 Å². The van der Waals surface area contributed by atoms with Gasteiger partial charge in [0, 0.05) is 25.3 Å². The molecule has 0 spiro atoms. The van der Waals surface area contributed by atoms with Crippen molar-refractivity contribution in [2.45, 2.75) is 32.7 Å². The Kier molecular flexibility index (Phi) is 6.89. The van der Waals surface area contributed by atoms with Crippen molar-refractivity contribution in [3.05, 3.63) is 59.7 Å². The van der Waals surface area contributed by atoms with Gasteiger partial charge in [0.2, 0.25) is 5.91 Å². The Morgan fingerprint density at radius 3 is 2.50 bits per heavy atom. The van der Waals surface area contributed by atoms with Crippen LogP contribution in [0, 0.1) is 0 Å². The third-order valence-corrected chi connectivity index (χ3v) is 4.66. The summed E-state index contributed by atoms with van der Waals surface area (Å²) >= 11 is 0. The van der Waals surface area contributed by atoms with Crippen molar-refractivity contribution < 1.29 is 14.3 Å². The monoisotopic (exact) mass is 381 g/mol.